The summed E-state index contributed by atoms with van der Waals surface area (Å²) in [4.78, 5) is 11.7. The highest BCUT2D eigenvalue weighted by atomic mass is 15.0. The Kier molecular flexibility index (Phi) is 2.82. The van der Waals surface area contributed by atoms with Crippen LogP contribution < -0.4 is 11.1 Å². The van der Waals surface area contributed by atoms with Gasteiger partial charge in [-0.25, -0.2) is 9.97 Å². The highest BCUT2D eigenvalue weighted by Crippen LogP contribution is 2.11. The van der Waals surface area contributed by atoms with Crippen molar-refractivity contribution in [1.82, 2.24) is 20.3 Å². The quantitative estimate of drug-likeness (QED) is 0.642. The van der Waals surface area contributed by atoms with E-state index in [4.69, 9.17) is 5.73 Å². The van der Waals surface area contributed by atoms with E-state index in [9.17, 15) is 0 Å². The Balaban J connectivity index is 2.16. The third-order valence-corrected chi connectivity index (χ3v) is 2.26. The first-order valence-electron chi connectivity index (χ1n) is 5.05. The number of rotatable bonds is 4. The van der Waals surface area contributed by atoms with E-state index in [2.05, 4.69) is 20.3 Å². The molecule has 5 nitrogen and oxygen atoms in total. The monoisotopic (exact) mass is 205 g/mol. The number of pyridine rings is 1. The fraction of sp³-hybridized carbons (Fsp3) is 0.400. The molecule has 2 aromatic rings. The van der Waals surface area contributed by atoms with Crippen LogP contribution in [0.15, 0.2) is 12.1 Å². The van der Waals surface area contributed by atoms with Crippen LogP contribution in [-0.2, 0) is 6.42 Å². The summed E-state index contributed by atoms with van der Waals surface area (Å²) in [7, 11) is 1.95. The van der Waals surface area contributed by atoms with E-state index in [1.54, 1.807) is 6.07 Å². The van der Waals surface area contributed by atoms with Gasteiger partial charge >= 0.3 is 0 Å². The zero-order valence-corrected chi connectivity index (χ0v) is 8.75. The molecule has 80 valence electrons. The minimum Gasteiger partial charge on any atom is -0.384 e. The van der Waals surface area contributed by atoms with Gasteiger partial charge in [0, 0.05) is 6.42 Å². The summed E-state index contributed by atoms with van der Waals surface area (Å²) in [6, 6.07) is 3.68. The lowest BCUT2D eigenvalue weighted by Gasteiger charge is -1.95. The number of hydrogen-bond acceptors (Lipinski definition) is 4. The van der Waals surface area contributed by atoms with Crippen molar-refractivity contribution in [1.29, 1.82) is 0 Å². The van der Waals surface area contributed by atoms with Crippen LogP contribution in [0.1, 0.15) is 12.2 Å². The van der Waals surface area contributed by atoms with Gasteiger partial charge in [-0.1, -0.05) is 0 Å². The normalized spacial score (nSPS) is 11.0. The molecule has 2 heterocycles. The molecular weight excluding hydrogens is 190 g/mol. The summed E-state index contributed by atoms with van der Waals surface area (Å²) in [6.07, 6.45) is 1.99. The van der Waals surface area contributed by atoms with Gasteiger partial charge in [-0.05, 0) is 32.1 Å². The number of aryl methyl sites for hydroxylation is 1. The summed E-state index contributed by atoms with van der Waals surface area (Å²) in [5, 5.41) is 3.10. The molecule has 0 bridgehead atoms. The summed E-state index contributed by atoms with van der Waals surface area (Å²) >= 11 is 0. The zero-order chi connectivity index (χ0) is 10.7. The van der Waals surface area contributed by atoms with Gasteiger partial charge in [0.1, 0.15) is 11.6 Å². The Morgan fingerprint density at radius 1 is 1.40 bits per heavy atom. The van der Waals surface area contributed by atoms with Gasteiger partial charge in [0.15, 0.2) is 5.65 Å². The topological polar surface area (TPSA) is 79.6 Å². The first kappa shape index (κ1) is 9.92. The number of nitrogens with two attached hydrogens (primary N) is 1. The van der Waals surface area contributed by atoms with Crippen molar-refractivity contribution < 1.29 is 0 Å². The molecule has 0 radical (unpaired) electrons. The Bertz CT molecular complexity index is 448. The minimum atomic E-state index is 0.510. The van der Waals surface area contributed by atoms with Crippen LogP contribution in [-0.4, -0.2) is 28.5 Å². The lowest BCUT2D eigenvalue weighted by Crippen LogP contribution is -2.08. The molecule has 0 aliphatic rings. The third kappa shape index (κ3) is 2.24. The van der Waals surface area contributed by atoms with Gasteiger partial charge in [0.25, 0.3) is 0 Å². The van der Waals surface area contributed by atoms with Crippen LogP contribution >= 0.6 is 0 Å². The molecular formula is C10H15N5. The first-order chi connectivity index (χ1) is 7.29. The molecule has 15 heavy (non-hydrogen) atoms. The number of hydrogen-bond donors (Lipinski definition) is 3. The van der Waals surface area contributed by atoms with Crippen molar-refractivity contribution in [2.24, 2.45) is 0 Å². The van der Waals surface area contributed by atoms with Crippen LogP contribution in [0.5, 0.6) is 0 Å². The Labute approximate surface area is 88.1 Å². The van der Waals surface area contributed by atoms with E-state index < -0.39 is 0 Å². The number of nitrogen functional groups attached to an aromatic ring is 1. The highest BCUT2D eigenvalue weighted by Gasteiger charge is 2.03. The fourth-order valence-corrected chi connectivity index (χ4v) is 1.51. The van der Waals surface area contributed by atoms with E-state index in [0.29, 0.717) is 11.5 Å². The van der Waals surface area contributed by atoms with Gasteiger partial charge < -0.3 is 16.0 Å². The molecule has 2 rings (SSSR count). The fourth-order valence-electron chi connectivity index (χ4n) is 1.51. The zero-order valence-electron chi connectivity index (χ0n) is 8.75. The third-order valence-electron chi connectivity index (χ3n) is 2.26. The van der Waals surface area contributed by atoms with E-state index >= 15 is 0 Å². The predicted molar refractivity (Wildman–Crippen MR) is 60.5 cm³/mol. The van der Waals surface area contributed by atoms with Gasteiger partial charge in [-0.15, -0.1) is 0 Å². The van der Waals surface area contributed by atoms with Crippen LogP contribution in [0.3, 0.4) is 0 Å². The lowest BCUT2D eigenvalue weighted by atomic mass is 10.3. The van der Waals surface area contributed by atoms with Crippen LogP contribution in [0.25, 0.3) is 11.2 Å². The minimum absolute atomic E-state index is 0.510. The first-order valence-corrected chi connectivity index (χ1v) is 5.05. The maximum atomic E-state index is 5.58. The van der Waals surface area contributed by atoms with Gasteiger partial charge in [0.2, 0.25) is 0 Å². The maximum Gasteiger partial charge on any atom is 0.179 e. The molecule has 0 unspecified atom stereocenters. The maximum absolute atomic E-state index is 5.58. The second-order valence-electron chi connectivity index (χ2n) is 3.50. The van der Waals surface area contributed by atoms with Gasteiger partial charge in [-0.3, -0.25) is 0 Å². The van der Waals surface area contributed by atoms with Crippen molar-refractivity contribution in [2.75, 3.05) is 19.3 Å². The van der Waals surface area contributed by atoms with Crippen LogP contribution in [0.4, 0.5) is 5.82 Å². The largest absolute Gasteiger partial charge is 0.384 e. The van der Waals surface area contributed by atoms with E-state index in [-0.39, 0.29) is 0 Å². The molecule has 0 atom stereocenters. The molecule has 0 aromatic carbocycles. The van der Waals surface area contributed by atoms with Crippen LogP contribution in [0.2, 0.25) is 0 Å². The summed E-state index contributed by atoms with van der Waals surface area (Å²) < 4.78 is 0. The lowest BCUT2D eigenvalue weighted by molar-refractivity contribution is 0.708. The molecule has 0 aliphatic heterocycles. The Morgan fingerprint density at radius 3 is 3.07 bits per heavy atom. The molecule has 0 spiro atoms. The van der Waals surface area contributed by atoms with Gasteiger partial charge in [-0.2, -0.15) is 0 Å². The molecule has 0 fully saturated rings. The molecule has 0 amide bonds. The molecule has 2 aromatic heterocycles. The Hall–Kier alpha value is -1.62. The summed E-state index contributed by atoms with van der Waals surface area (Å²) in [5.41, 5.74) is 7.23. The SMILES string of the molecule is CNCCCc1nc2nc(N)ccc2[nH]1. The number of anilines is 1. The van der Waals surface area contributed by atoms with Crippen molar-refractivity contribution in [3.8, 4) is 0 Å². The van der Waals surface area contributed by atoms with E-state index in [0.717, 1.165) is 30.7 Å². The number of H-pyrrole nitrogens is 1. The standard InChI is InChI=1S/C10H15N5/c1-12-6-2-3-9-13-7-4-5-8(11)14-10(7)15-9/h4-5,12H,2-3,6H2,1H3,(H3,11,13,14,15). The molecule has 0 aliphatic carbocycles. The average Bonchev–Trinajstić information content (AvgIpc) is 2.60. The molecule has 4 N–H and O–H groups in total. The number of imidazole rings is 1. The van der Waals surface area contributed by atoms with Crippen molar-refractivity contribution in [3.05, 3.63) is 18.0 Å². The number of nitrogens with zero attached hydrogens (tertiary/aromatic N) is 2. The van der Waals surface area contributed by atoms with Crippen LogP contribution in [0, 0.1) is 0 Å². The van der Waals surface area contributed by atoms with Crippen molar-refractivity contribution >= 4 is 17.0 Å². The second kappa shape index (κ2) is 4.27. The van der Waals surface area contributed by atoms with E-state index in [1.165, 1.54) is 0 Å². The van der Waals surface area contributed by atoms with Gasteiger partial charge in [0.05, 0.1) is 5.52 Å². The highest BCUT2D eigenvalue weighted by molar-refractivity contribution is 5.72. The summed E-state index contributed by atoms with van der Waals surface area (Å²) in [5.74, 6) is 1.48. The molecule has 5 heteroatoms. The summed E-state index contributed by atoms with van der Waals surface area (Å²) in [6.45, 7) is 0.993. The Morgan fingerprint density at radius 2 is 2.27 bits per heavy atom. The number of fused-ring (bicyclic) bond motifs is 1. The second-order valence-corrected chi connectivity index (χ2v) is 3.50. The van der Waals surface area contributed by atoms with Crippen molar-refractivity contribution in [3.63, 3.8) is 0 Å². The smallest absolute Gasteiger partial charge is 0.179 e. The number of aromatic amines is 1. The molecule has 0 saturated carbocycles. The predicted octanol–water partition coefficient (Wildman–Crippen LogP) is 0.692. The number of nitrogens with one attached hydrogen (secondary N) is 2. The number of aromatic nitrogens is 3. The van der Waals surface area contributed by atoms with Crippen molar-refractivity contribution in [2.45, 2.75) is 12.8 Å². The van der Waals surface area contributed by atoms with E-state index in [1.807, 2.05) is 13.1 Å². The average molecular weight is 205 g/mol. The molecule has 0 saturated heterocycles.